The second-order valence-electron chi connectivity index (χ2n) is 5.47. The summed E-state index contributed by atoms with van der Waals surface area (Å²) in [6, 6.07) is 5.15. The average Bonchev–Trinajstić information content (AvgIpc) is 2.47. The average molecular weight is 310 g/mol. The van der Waals surface area contributed by atoms with Crippen molar-refractivity contribution in [1.82, 2.24) is 4.72 Å². The van der Waals surface area contributed by atoms with E-state index < -0.39 is 21.4 Å². The summed E-state index contributed by atoms with van der Waals surface area (Å²) in [5.74, 6) is -0.148. The summed E-state index contributed by atoms with van der Waals surface area (Å²) >= 11 is 0. The van der Waals surface area contributed by atoms with Crippen LogP contribution in [0.5, 0.6) is 0 Å². The minimum absolute atomic E-state index is 0.132. The Balaban J connectivity index is 2.17. The molecule has 21 heavy (non-hydrogen) atoms. The molecule has 1 aliphatic rings. The van der Waals surface area contributed by atoms with Crippen LogP contribution < -0.4 is 4.72 Å². The zero-order chi connectivity index (χ0) is 15.5. The Bertz CT molecular complexity index is 644. The van der Waals surface area contributed by atoms with Gasteiger partial charge in [-0.05, 0) is 43.7 Å². The predicted octanol–water partition coefficient (Wildman–Crippen LogP) is 2.94. The normalized spacial score (nSPS) is 22.7. The molecule has 0 radical (unpaired) electrons. The van der Waals surface area contributed by atoms with E-state index in [0.717, 1.165) is 38.2 Å². The van der Waals surface area contributed by atoms with Crippen LogP contribution in [0.3, 0.4) is 0 Å². The summed E-state index contributed by atoms with van der Waals surface area (Å²) in [7, 11) is -3.86. The van der Waals surface area contributed by atoms with Gasteiger partial charge in [0.15, 0.2) is 0 Å². The molecule has 0 aromatic heterocycles. The van der Waals surface area contributed by atoms with Crippen LogP contribution >= 0.6 is 0 Å². The van der Waals surface area contributed by atoms with Crippen molar-refractivity contribution in [3.63, 3.8) is 0 Å². The third kappa shape index (κ3) is 3.60. The van der Waals surface area contributed by atoms with E-state index in [-0.39, 0.29) is 10.9 Å². The van der Waals surface area contributed by atoms with Crippen molar-refractivity contribution in [2.75, 3.05) is 0 Å². The van der Waals surface area contributed by atoms with Gasteiger partial charge in [0.1, 0.15) is 22.3 Å². The Morgan fingerprint density at radius 1 is 1.33 bits per heavy atom. The van der Waals surface area contributed by atoms with E-state index in [1.165, 1.54) is 12.1 Å². The van der Waals surface area contributed by atoms with Crippen LogP contribution in [0.2, 0.25) is 0 Å². The minimum Gasteiger partial charge on any atom is -0.208 e. The van der Waals surface area contributed by atoms with Gasteiger partial charge >= 0.3 is 0 Å². The summed E-state index contributed by atoms with van der Waals surface area (Å²) in [5, 5.41) is 8.95. The second-order valence-corrected chi connectivity index (χ2v) is 7.15. The maximum Gasteiger partial charge on any atom is 0.242 e. The van der Waals surface area contributed by atoms with Gasteiger partial charge in [0.05, 0.1) is 0 Å². The minimum atomic E-state index is -3.86. The third-order valence-corrected chi connectivity index (χ3v) is 5.69. The smallest absolute Gasteiger partial charge is 0.208 e. The summed E-state index contributed by atoms with van der Waals surface area (Å²) in [5.41, 5.74) is -0.424. The second kappa shape index (κ2) is 6.54. The molecule has 114 valence electrons. The van der Waals surface area contributed by atoms with Crippen molar-refractivity contribution >= 4 is 10.0 Å². The first-order valence-electron chi connectivity index (χ1n) is 7.19. The fraction of sp³-hybridized carbons (Fsp3) is 0.533. The number of hydrogen-bond donors (Lipinski definition) is 1. The number of rotatable bonds is 4. The lowest BCUT2D eigenvalue weighted by Crippen LogP contribution is -2.37. The van der Waals surface area contributed by atoms with Crippen molar-refractivity contribution < 1.29 is 12.8 Å². The Hall–Kier alpha value is -1.45. The molecule has 6 heteroatoms. The van der Waals surface area contributed by atoms with E-state index >= 15 is 0 Å². The van der Waals surface area contributed by atoms with Gasteiger partial charge in [0, 0.05) is 6.04 Å². The van der Waals surface area contributed by atoms with Crippen molar-refractivity contribution in [2.45, 2.75) is 50.0 Å². The number of halogens is 1. The molecule has 0 bridgehead atoms. The summed E-state index contributed by atoms with van der Waals surface area (Å²) in [6.07, 6.45) is 4.68. The lowest BCUT2D eigenvalue weighted by atomic mass is 9.85. The van der Waals surface area contributed by atoms with Crippen LogP contribution in [0.1, 0.15) is 44.6 Å². The molecule has 0 heterocycles. The molecule has 2 rings (SSSR count). The molecule has 1 fully saturated rings. The largest absolute Gasteiger partial charge is 0.242 e. The molecule has 0 spiro atoms. The van der Waals surface area contributed by atoms with Crippen molar-refractivity contribution in [1.29, 1.82) is 5.26 Å². The lowest BCUT2D eigenvalue weighted by molar-refractivity contribution is 0.306. The molecule has 0 amide bonds. The van der Waals surface area contributed by atoms with Crippen molar-refractivity contribution in [3.05, 3.63) is 29.6 Å². The highest BCUT2D eigenvalue weighted by atomic mass is 32.2. The number of sulfonamides is 1. The van der Waals surface area contributed by atoms with Crippen molar-refractivity contribution in [2.24, 2.45) is 5.92 Å². The summed E-state index contributed by atoms with van der Waals surface area (Å²) in [4.78, 5) is -0.275. The van der Waals surface area contributed by atoms with Gasteiger partial charge in [-0.1, -0.05) is 19.4 Å². The molecule has 0 saturated heterocycles. The first-order chi connectivity index (χ1) is 9.97. The van der Waals surface area contributed by atoms with Crippen LogP contribution in [0.15, 0.2) is 23.1 Å². The van der Waals surface area contributed by atoms with Gasteiger partial charge in [-0.2, -0.15) is 5.26 Å². The topological polar surface area (TPSA) is 70.0 Å². The molecule has 1 saturated carbocycles. The third-order valence-electron chi connectivity index (χ3n) is 4.12. The van der Waals surface area contributed by atoms with Gasteiger partial charge in [-0.25, -0.2) is 17.5 Å². The predicted molar refractivity (Wildman–Crippen MR) is 77.5 cm³/mol. The van der Waals surface area contributed by atoms with Crippen LogP contribution in [-0.2, 0) is 10.0 Å². The number of benzene rings is 1. The van der Waals surface area contributed by atoms with Gasteiger partial charge in [-0.15, -0.1) is 0 Å². The molecular weight excluding hydrogens is 291 g/mol. The van der Waals surface area contributed by atoms with E-state index in [1.54, 1.807) is 6.07 Å². The maximum atomic E-state index is 13.5. The number of nitrogens with one attached hydrogen (secondary N) is 1. The highest BCUT2D eigenvalue weighted by Crippen LogP contribution is 2.28. The van der Waals surface area contributed by atoms with Gasteiger partial charge in [-0.3, -0.25) is 0 Å². The van der Waals surface area contributed by atoms with E-state index in [1.807, 2.05) is 0 Å². The van der Waals surface area contributed by atoms with Crippen LogP contribution in [0.25, 0.3) is 0 Å². The van der Waals surface area contributed by atoms with Gasteiger partial charge in [0.2, 0.25) is 10.0 Å². The zero-order valence-corrected chi connectivity index (χ0v) is 12.8. The standard InChI is InChI=1S/C15H19FN2O2S/c1-2-11-6-8-12(9-7-11)18-21(19,20)15-5-3-4-14(16)13(15)10-17/h3-5,11-12,18H,2,6-9H2,1H3. The first kappa shape index (κ1) is 15.9. The van der Waals surface area contributed by atoms with Gasteiger partial charge < -0.3 is 0 Å². The first-order valence-corrected chi connectivity index (χ1v) is 8.67. The van der Waals surface area contributed by atoms with Crippen molar-refractivity contribution in [3.8, 4) is 6.07 Å². The molecule has 1 aromatic rings. The van der Waals surface area contributed by atoms with E-state index in [4.69, 9.17) is 5.26 Å². The molecule has 0 atom stereocenters. The SMILES string of the molecule is CCC1CCC(NS(=O)(=O)c2cccc(F)c2C#N)CC1. The summed E-state index contributed by atoms with van der Waals surface area (Å²) in [6.45, 7) is 2.14. The quantitative estimate of drug-likeness (QED) is 0.929. The Kier molecular flexibility index (Phi) is 4.96. The van der Waals surface area contributed by atoms with Crippen LogP contribution in [0, 0.1) is 23.1 Å². The lowest BCUT2D eigenvalue weighted by Gasteiger charge is -2.28. The zero-order valence-electron chi connectivity index (χ0n) is 12.0. The molecule has 0 aliphatic heterocycles. The van der Waals surface area contributed by atoms with Crippen LogP contribution in [0.4, 0.5) is 4.39 Å². The number of hydrogen-bond acceptors (Lipinski definition) is 3. The Morgan fingerprint density at radius 2 is 2.00 bits per heavy atom. The highest BCUT2D eigenvalue weighted by molar-refractivity contribution is 7.89. The molecular formula is C15H19FN2O2S. The van der Waals surface area contributed by atoms with Gasteiger partial charge in [0.25, 0.3) is 0 Å². The van der Waals surface area contributed by atoms with Crippen LogP contribution in [-0.4, -0.2) is 14.5 Å². The van der Waals surface area contributed by atoms with E-state index in [0.29, 0.717) is 5.92 Å². The molecule has 1 aliphatic carbocycles. The fourth-order valence-electron chi connectivity index (χ4n) is 2.81. The maximum absolute atomic E-state index is 13.5. The molecule has 0 unspecified atom stereocenters. The molecule has 4 nitrogen and oxygen atoms in total. The summed E-state index contributed by atoms with van der Waals surface area (Å²) < 4.78 is 40.9. The number of nitriles is 1. The Morgan fingerprint density at radius 3 is 2.57 bits per heavy atom. The Labute approximate surface area is 125 Å². The molecule has 1 N–H and O–H groups in total. The molecule has 1 aromatic carbocycles. The fourth-order valence-corrected chi connectivity index (χ4v) is 4.28. The highest BCUT2D eigenvalue weighted by Gasteiger charge is 2.27. The van der Waals surface area contributed by atoms with E-state index in [9.17, 15) is 12.8 Å². The van der Waals surface area contributed by atoms with E-state index in [2.05, 4.69) is 11.6 Å². The monoisotopic (exact) mass is 310 g/mol. The number of nitrogens with zero attached hydrogens (tertiary/aromatic N) is 1.